The molecule has 0 aliphatic rings. The highest BCUT2D eigenvalue weighted by atomic mass is 19.1. The minimum atomic E-state index is -0.285. The fraction of sp³-hybridized carbons (Fsp3) is 0.216. The molecule has 43 heavy (non-hydrogen) atoms. The Bertz CT molecular complexity index is 1980. The molecule has 0 saturated carbocycles. The first-order valence-electron chi connectivity index (χ1n) is 14.5. The van der Waals surface area contributed by atoms with E-state index in [1.807, 2.05) is 6.07 Å². The zero-order valence-electron chi connectivity index (χ0n) is 25.5. The molecule has 3 heterocycles. The van der Waals surface area contributed by atoms with E-state index < -0.39 is 0 Å². The number of rotatable bonds is 4. The summed E-state index contributed by atoms with van der Waals surface area (Å²) >= 11 is 0. The largest absolute Gasteiger partial charge is 0.383 e. The van der Waals surface area contributed by atoms with Gasteiger partial charge in [0.25, 0.3) is 0 Å². The van der Waals surface area contributed by atoms with E-state index >= 15 is 0 Å². The third-order valence-electron chi connectivity index (χ3n) is 7.91. The van der Waals surface area contributed by atoms with Crippen molar-refractivity contribution in [3.8, 4) is 22.3 Å². The van der Waals surface area contributed by atoms with E-state index in [-0.39, 0.29) is 16.6 Å². The number of benzene rings is 3. The van der Waals surface area contributed by atoms with E-state index in [0.717, 1.165) is 49.7 Å². The lowest BCUT2D eigenvalue weighted by molar-refractivity contribution is 0.591. The van der Waals surface area contributed by atoms with Crippen molar-refractivity contribution >= 4 is 39.1 Å². The van der Waals surface area contributed by atoms with E-state index in [9.17, 15) is 4.39 Å². The lowest BCUT2D eigenvalue weighted by Gasteiger charge is -2.21. The van der Waals surface area contributed by atoms with Crippen LogP contribution in [0.15, 0.2) is 91.3 Å². The van der Waals surface area contributed by atoms with Crippen LogP contribution in [0.3, 0.4) is 0 Å². The van der Waals surface area contributed by atoms with Gasteiger partial charge in [-0.3, -0.25) is 4.98 Å². The van der Waals surface area contributed by atoms with E-state index in [0.29, 0.717) is 11.6 Å². The first kappa shape index (κ1) is 28.3. The van der Waals surface area contributed by atoms with Crippen LogP contribution in [0.4, 0.5) is 21.7 Å². The molecule has 3 N–H and O–H groups in total. The number of nitrogens with zero attached hydrogens (tertiary/aromatic N) is 3. The van der Waals surface area contributed by atoms with Crippen molar-refractivity contribution in [2.75, 3.05) is 11.1 Å². The van der Waals surface area contributed by atoms with Gasteiger partial charge in [0.2, 0.25) is 0 Å². The second kappa shape index (κ2) is 10.5. The highest BCUT2D eigenvalue weighted by Gasteiger charge is 2.19. The second-order valence-electron chi connectivity index (χ2n) is 13.2. The Morgan fingerprint density at radius 3 is 2.05 bits per heavy atom. The van der Waals surface area contributed by atoms with Crippen molar-refractivity contribution in [3.05, 3.63) is 108 Å². The van der Waals surface area contributed by atoms with Gasteiger partial charge >= 0.3 is 0 Å². The predicted molar refractivity (Wildman–Crippen MR) is 177 cm³/mol. The molecule has 0 amide bonds. The maximum Gasteiger partial charge on any atom is 0.139 e. The molecule has 3 aromatic heterocycles. The third-order valence-corrected chi connectivity index (χ3v) is 7.91. The summed E-state index contributed by atoms with van der Waals surface area (Å²) in [5.74, 6) is 0.791. The Labute approximate surface area is 252 Å². The number of anilines is 3. The summed E-state index contributed by atoms with van der Waals surface area (Å²) in [6.45, 7) is 13.1. The third kappa shape index (κ3) is 5.65. The molecule has 0 fully saturated rings. The number of nitrogens with one attached hydrogen (secondary N) is 1. The predicted octanol–water partition coefficient (Wildman–Crippen LogP) is 9.57. The summed E-state index contributed by atoms with van der Waals surface area (Å²) in [4.78, 5) is 14.3. The Kier molecular flexibility index (Phi) is 6.88. The molecule has 3 aromatic carbocycles. The molecule has 0 atom stereocenters. The van der Waals surface area contributed by atoms with Crippen LogP contribution in [0.1, 0.15) is 52.7 Å². The van der Waals surface area contributed by atoms with Crippen LogP contribution in [0, 0.1) is 5.82 Å². The van der Waals surface area contributed by atoms with Crippen molar-refractivity contribution in [3.63, 3.8) is 0 Å². The Morgan fingerprint density at radius 1 is 0.651 bits per heavy atom. The highest BCUT2D eigenvalue weighted by molar-refractivity contribution is 5.95. The Morgan fingerprint density at radius 2 is 1.33 bits per heavy atom. The first-order valence-corrected chi connectivity index (χ1v) is 14.5. The molecular formula is C37H36FN5. The molecule has 6 aromatic rings. The molecule has 0 radical (unpaired) electrons. The van der Waals surface area contributed by atoms with Crippen LogP contribution >= 0.6 is 0 Å². The summed E-state index contributed by atoms with van der Waals surface area (Å²) in [6, 6.07) is 25.3. The standard InChI is InChI=1S/C37H36FN5/c1-36(2,3)25-11-14-31-24(17-25)19-28(22-8-12-27(38)13-9-22)35(42-31)43-32-15-16-40-21-30(32)29-18-23-7-10-26(37(4,5)6)20-33(23)41-34(29)39/h7-21H,1-6H3,(H2,39,41)(H,40,42,43). The number of hydrogen-bond donors (Lipinski definition) is 2. The van der Waals surface area contributed by atoms with Gasteiger partial charge in [-0.2, -0.15) is 0 Å². The summed E-state index contributed by atoms with van der Waals surface area (Å²) in [5, 5.41) is 5.58. The molecule has 6 heteroatoms. The molecule has 0 unspecified atom stereocenters. The minimum absolute atomic E-state index is 0.00474. The molecule has 6 rings (SSSR count). The van der Waals surface area contributed by atoms with Crippen molar-refractivity contribution in [2.24, 2.45) is 0 Å². The van der Waals surface area contributed by atoms with Gasteiger partial charge in [-0.15, -0.1) is 0 Å². The number of nitrogen functional groups attached to an aromatic ring is 1. The average molecular weight is 570 g/mol. The second-order valence-corrected chi connectivity index (χ2v) is 13.2. The lowest BCUT2D eigenvalue weighted by Crippen LogP contribution is -2.11. The van der Waals surface area contributed by atoms with Crippen LogP contribution in [0.2, 0.25) is 0 Å². The molecule has 0 bridgehead atoms. The molecule has 0 aliphatic heterocycles. The van der Waals surface area contributed by atoms with E-state index in [1.54, 1.807) is 24.5 Å². The van der Waals surface area contributed by atoms with Crippen molar-refractivity contribution in [1.82, 2.24) is 15.0 Å². The first-order chi connectivity index (χ1) is 20.4. The van der Waals surface area contributed by atoms with Crippen LogP contribution in [-0.2, 0) is 10.8 Å². The fourth-order valence-electron chi connectivity index (χ4n) is 5.30. The van der Waals surface area contributed by atoms with Gasteiger partial charge in [0.15, 0.2) is 0 Å². The van der Waals surface area contributed by atoms with Crippen molar-refractivity contribution in [1.29, 1.82) is 0 Å². The summed E-state index contributed by atoms with van der Waals surface area (Å²) < 4.78 is 13.9. The lowest BCUT2D eigenvalue weighted by atomic mass is 9.86. The number of halogens is 1. The Balaban J connectivity index is 1.48. The summed E-state index contributed by atoms with van der Waals surface area (Å²) in [6.07, 6.45) is 3.53. The van der Waals surface area contributed by atoms with Gasteiger partial charge in [-0.05, 0) is 76.1 Å². The van der Waals surface area contributed by atoms with Gasteiger partial charge < -0.3 is 11.1 Å². The number of hydrogen-bond acceptors (Lipinski definition) is 5. The number of aromatic nitrogens is 3. The maximum atomic E-state index is 13.9. The van der Waals surface area contributed by atoms with Crippen LogP contribution in [0.25, 0.3) is 44.1 Å². The molecular weight excluding hydrogens is 533 g/mol. The van der Waals surface area contributed by atoms with Crippen LogP contribution in [-0.4, -0.2) is 15.0 Å². The van der Waals surface area contributed by atoms with Gasteiger partial charge in [-0.1, -0.05) is 71.9 Å². The van der Waals surface area contributed by atoms with Crippen LogP contribution < -0.4 is 11.1 Å². The van der Waals surface area contributed by atoms with Gasteiger partial charge in [0.05, 0.1) is 16.7 Å². The van der Waals surface area contributed by atoms with Crippen LogP contribution in [0.5, 0.6) is 0 Å². The molecule has 216 valence electrons. The summed E-state index contributed by atoms with van der Waals surface area (Å²) in [7, 11) is 0. The smallest absolute Gasteiger partial charge is 0.139 e. The minimum Gasteiger partial charge on any atom is -0.383 e. The topological polar surface area (TPSA) is 76.7 Å². The van der Waals surface area contributed by atoms with E-state index in [4.69, 9.17) is 15.7 Å². The number of nitrogens with two attached hydrogens (primary N) is 1. The van der Waals surface area contributed by atoms with E-state index in [1.165, 1.54) is 23.3 Å². The number of pyridine rings is 3. The SMILES string of the molecule is CC(C)(C)c1ccc2nc(Nc3ccncc3-c3cc4ccc(C(C)(C)C)cc4nc3N)c(-c3ccc(F)cc3)cc2c1. The van der Waals surface area contributed by atoms with Crippen molar-refractivity contribution < 1.29 is 4.39 Å². The fourth-order valence-corrected chi connectivity index (χ4v) is 5.30. The maximum absolute atomic E-state index is 13.9. The zero-order valence-corrected chi connectivity index (χ0v) is 25.5. The normalized spacial score (nSPS) is 12.2. The average Bonchev–Trinajstić information content (AvgIpc) is 2.96. The van der Waals surface area contributed by atoms with Crippen molar-refractivity contribution in [2.45, 2.75) is 52.4 Å². The molecule has 0 spiro atoms. The molecule has 0 aliphatic carbocycles. The van der Waals surface area contributed by atoms with Gasteiger partial charge in [0, 0.05) is 39.9 Å². The molecule has 5 nitrogen and oxygen atoms in total. The highest BCUT2D eigenvalue weighted by Crippen LogP contribution is 2.38. The zero-order chi connectivity index (χ0) is 30.5. The quantitative estimate of drug-likeness (QED) is 0.221. The number of fused-ring (bicyclic) bond motifs is 2. The van der Waals surface area contributed by atoms with Gasteiger partial charge in [-0.25, -0.2) is 14.4 Å². The van der Waals surface area contributed by atoms with Gasteiger partial charge in [0.1, 0.15) is 17.5 Å². The molecule has 0 saturated heterocycles. The Hall–Kier alpha value is -4.84. The van der Waals surface area contributed by atoms with E-state index in [2.05, 4.69) is 100 Å². The summed E-state index contributed by atoms with van der Waals surface area (Å²) in [5.41, 5.74) is 14.8. The monoisotopic (exact) mass is 569 g/mol.